The molecule has 0 N–H and O–H groups in total. The van der Waals surface area contributed by atoms with Crippen molar-refractivity contribution < 1.29 is 31.1 Å². The van der Waals surface area contributed by atoms with Crippen LogP contribution < -0.4 is 4.31 Å². The maximum absolute atomic E-state index is 13.6. The molecule has 3 rings (SSSR count). The highest BCUT2D eigenvalue weighted by Gasteiger charge is 2.34. The summed E-state index contributed by atoms with van der Waals surface area (Å²) in [4.78, 5) is 15.3. The Kier molecular flexibility index (Phi) is 7.74. The van der Waals surface area contributed by atoms with Gasteiger partial charge >= 0.3 is 12.1 Å². The van der Waals surface area contributed by atoms with Crippen molar-refractivity contribution in [1.29, 1.82) is 0 Å². The number of anilines is 1. The lowest BCUT2D eigenvalue weighted by Gasteiger charge is -2.25. The Balaban J connectivity index is 2.12. The van der Waals surface area contributed by atoms with Crippen LogP contribution >= 0.6 is 23.2 Å². The lowest BCUT2D eigenvalue weighted by molar-refractivity contribution is -0.137. The molecule has 6 nitrogen and oxygen atoms in total. The van der Waals surface area contributed by atoms with Crippen LogP contribution in [0.3, 0.4) is 0 Å². The molecule has 34 heavy (non-hydrogen) atoms. The van der Waals surface area contributed by atoms with Gasteiger partial charge in [-0.15, -0.1) is 0 Å². The molecule has 12 heteroatoms. The smallest absolute Gasteiger partial charge is 0.417 e. The molecule has 0 aliphatic rings. The minimum absolute atomic E-state index is 0.0334. The van der Waals surface area contributed by atoms with E-state index in [0.717, 1.165) is 16.4 Å². The molecule has 0 saturated heterocycles. The minimum atomic E-state index is -4.72. The number of alkyl halides is 3. The molecule has 0 aliphatic heterocycles. The van der Waals surface area contributed by atoms with Crippen LogP contribution in [-0.4, -0.2) is 26.0 Å². The molecule has 180 valence electrons. The first-order valence-electron chi connectivity index (χ1n) is 9.71. The monoisotopic (exact) mass is 532 g/mol. The first-order chi connectivity index (χ1) is 15.9. The van der Waals surface area contributed by atoms with Gasteiger partial charge < -0.3 is 4.74 Å². The van der Waals surface area contributed by atoms with Gasteiger partial charge in [0, 0.05) is 6.20 Å². The number of benzene rings is 2. The second kappa shape index (κ2) is 10.2. The summed E-state index contributed by atoms with van der Waals surface area (Å²) in [6.45, 7) is 1.43. The minimum Gasteiger partial charge on any atom is -0.462 e. The van der Waals surface area contributed by atoms with Crippen molar-refractivity contribution in [3.05, 3.63) is 87.5 Å². The van der Waals surface area contributed by atoms with Crippen molar-refractivity contribution in [2.24, 2.45) is 0 Å². The third-order valence-corrected chi connectivity index (χ3v) is 7.06. The molecule has 0 fully saturated rings. The summed E-state index contributed by atoms with van der Waals surface area (Å²) in [5.74, 6) is -1.11. The van der Waals surface area contributed by atoms with Gasteiger partial charge in [-0.25, -0.2) is 22.5 Å². The Morgan fingerprint density at radius 3 is 2.29 bits per heavy atom. The number of aromatic nitrogens is 1. The summed E-state index contributed by atoms with van der Waals surface area (Å²) in [5.41, 5.74) is -0.579. The Morgan fingerprint density at radius 2 is 1.74 bits per heavy atom. The number of nitrogens with zero attached hydrogens (tertiary/aromatic N) is 2. The second-order valence-corrected chi connectivity index (χ2v) is 9.54. The summed E-state index contributed by atoms with van der Waals surface area (Å²) in [6, 6.07) is 12.4. The number of carbonyl (C=O) groups excluding carboxylic acids is 1. The number of pyridine rings is 1. The van der Waals surface area contributed by atoms with E-state index in [-0.39, 0.29) is 23.7 Å². The van der Waals surface area contributed by atoms with Gasteiger partial charge in [0.05, 0.1) is 34.3 Å². The van der Waals surface area contributed by atoms with E-state index in [0.29, 0.717) is 17.8 Å². The van der Waals surface area contributed by atoms with Gasteiger partial charge in [0.25, 0.3) is 10.0 Å². The highest BCUT2D eigenvalue weighted by Crippen LogP contribution is 2.37. The van der Waals surface area contributed by atoms with Crippen molar-refractivity contribution in [1.82, 2.24) is 4.98 Å². The van der Waals surface area contributed by atoms with E-state index < -0.39 is 43.5 Å². The quantitative estimate of drug-likeness (QED) is 0.350. The maximum atomic E-state index is 13.6. The molecule has 0 amide bonds. The Morgan fingerprint density at radius 1 is 1.06 bits per heavy atom. The van der Waals surface area contributed by atoms with Crippen LogP contribution in [0.2, 0.25) is 10.0 Å². The lowest BCUT2D eigenvalue weighted by Crippen LogP contribution is -2.32. The van der Waals surface area contributed by atoms with Gasteiger partial charge in [0.2, 0.25) is 0 Å². The zero-order valence-corrected chi connectivity index (χ0v) is 19.8. The molecular formula is C22H17Cl2F3N2O4S. The Labute approximate surface area is 203 Å². The summed E-state index contributed by atoms with van der Waals surface area (Å²) >= 11 is 12.3. The van der Waals surface area contributed by atoms with Crippen LogP contribution in [0.1, 0.15) is 28.4 Å². The molecule has 2 aromatic carbocycles. The number of hydrogen-bond donors (Lipinski definition) is 0. The lowest BCUT2D eigenvalue weighted by atomic mass is 10.2. The summed E-state index contributed by atoms with van der Waals surface area (Å²) in [7, 11) is -4.49. The van der Waals surface area contributed by atoms with Gasteiger partial charge in [0.15, 0.2) is 5.82 Å². The summed E-state index contributed by atoms with van der Waals surface area (Å²) in [5, 5.41) is -0.805. The average Bonchev–Trinajstić information content (AvgIpc) is 2.77. The molecule has 1 heterocycles. The van der Waals surface area contributed by atoms with Crippen molar-refractivity contribution in [2.45, 2.75) is 24.5 Å². The van der Waals surface area contributed by atoms with E-state index in [1.165, 1.54) is 6.07 Å². The van der Waals surface area contributed by atoms with Crippen LogP contribution in [-0.2, 0) is 27.5 Å². The zero-order valence-electron chi connectivity index (χ0n) is 17.5. The topological polar surface area (TPSA) is 76.6 Å². The number of carbonyl (C=O) groups is 1. The van der Waals surface area contributed by atoms with Crippen molar-refractivity contribution in [3.8, 4) is 0 Å². The Hall–Kier alpha value is -2.82. The summed E-state index contributed by atoms with van der Waals surface area (Å²) in [6.07, 6.45) is -4.22. The predicted molar refractivity (Wildman–Crippen MR) is 121 cm³/mol. The zero-order chi connectivity index (χ0) is 25.1. The van der Waals surface area contributed by atoms with Gasteiger partial charge in [-0.2, -0.15) is 13.2 Å². The van der Waals surface area contributed by atoms with Crippen LogP contribution in [0.15, 0.2) is 65.7 Å². The van der Waals surface area contributed by atoms with E-state index in [1.807, 2.05) is 0 Å². The predicted octanol–water partition coefficient (Wildman–Crippen LogP) is 5.98. The van der Waals surface area contributed by atoms with Crippen LogP contribution in [0.4, 0.5) is 19.0 Å². The fourth-order valence-corrected chi connectivity index (χ4v) is 5.23. The van der Waals surface area contributed by atoms with Crippen LogP contribution in [0, 0.1) is 0 Å². The van der Waals surface area contributed by atoms with Gasteiger partial charge in [0.1, 0.15) is 4.90 Å². The third kappa shape index (κ3) is 5.63. The second-order valence-electron chi connectivity index (χ2n) is 6.89. The SMILES string of the molecule is CCOC(=O)c1ccc(S(=O)(=O)N(Cc2ccccc2)c2ncc(C(F)(F)F)cc2Cl)c(Cl)c1. The van der Waals surface area contributed by atoms with Crippen LogP contribution in [0.5, 0.6) is 0 Å². The van der Waals surface area contributed by atoms with E-state index in [9.17, 15) is 26.4 Å². The number of rotatable bonds is 7. The van der Waals surface area contributed by atoms with Gasteiger partial charge in [-0.05, 0) is 36.8 Å². The van der Waals surface area contributed by atoms with E-state index in [2.05, 4.69) is 4.98 Å². The van der Waals surface area contributed by atoms with Crippen LogP contribution in [0.25, 0.3) is 0 Å². The van der Waals surface area contributed by atoms with Gasteiger partial charge in [-0.3, -0.25) is 0 Å². The van der Waals surface area contributed by atoms with E-state index >= 15 is 0 Å². The summed E-state index contributed by atoms with van der Waals surface area (Å²) < 4.78 is 72.1. The van der Waals surface area contributed by atoms with E-state index in [1.54, 1.807) is 37.3 Å². The Bertz CT molecular complexity index is 1300. The maximum Gasteiger partial charge on any atom is 0.417 e. The molecule has 0 bridgehead atoms. The molecule has 0 radical (unpaired) electrons. The van der Waals surface area contributed by atoms with Crippen molar-refractivity contribution in [2.75, 3.05) is 10.9 Å². The average molecular weight is 533 g/mol. The molecule has 3 aromatic rings. The standard InChI is InChI=1S/C22H17Cl2F3N2O4S/c1-2-33-21(30)15-8-9-19(17(23)10-15)34(31,32)29(13-14-6-4-3-5-7-14)20-18(24)11-16(12-28-20)22(25,26)27/h3-12H,2,13H2,1H3. The number of halogens is 5. The molecule has 0 aliphatic carbocycles. The van der Waals surface area contributed by atoms with E-state index in [4.69, 9.17) is 27.9 Å². The van der Waals surface area contributed by atoms with Crippen molar-refractivity contribution >= 4 is 45.0 Å². The number of ether oxygens (including phenoxy) is 1. The molecule has 1 aromatic heterocycles. The van der Waals surface area contributed by atoms with Crippen molar-refractivity contribution in [3.63, 3.8) is 0 Å². The first-order valence-corrected chi connectivity index (χ1v) is 11.9. The number of sulfonamides is 1. The molecule has 0 spiro atoms. The first kappa shape index (κ1) is 25.8. The third-order valence-electron chi connectivity index (χ3n) is 4.57. The normalized spacial score (nSPS) is 11.8. The molecule has 0 saturated carbocycles. The van der Waals surface area contributed by atoms with Gasteiger partial charge in [-0.1, -0.05) is 53.5 Å². The highest BCUT2D eigenvalue weighted by atomic mass is 35.5. The fourth-order valence-electron chi connectivity index (χ4n) is 2.96. The molecule has 0 unspecified atom stereocenters. The highest BCUT2D eigenvalue weighted by molar-refractivity contribution is 7.93. The number of esters is 1. The fraction of sp³-hybridized carbons (Fsp3) is 0.182. The molecular weight excluding hydrogens is 516 g/mol. The molecule has 0 atom stereocenters. The largest absolute Gasteiger partial charge is 0.462 e. The number of hydrogen-bond acceptors (Lipinski definition) is 5.